The smallest absolute Gasteiger partial charge is 0.270 e. The van der Waals surface area contributed by atoms with Gasteiger partial charge in [-0.1, -0.05) is 25.3 Å². The van der Waals surface area contributed by atoms with Gasteiger partial charge in [0, 0.05) is 18.7 Å². The van der Waals surface area contributed by atoms with Gasteiger partial charge in [-0.15, -0.1) is 0 Å². The largest absolute Gasteiger partial charge is 0.394 e. The SMILES string of the molecule is O=C(N[C@@H]1CC[C@H](CCNC(=O)C2CCCCC2)O[C@@H]1CO)c1ccccn1. The molecule has 1 aliphatic heterocycles. The zero-order chi connectivity index (χ0) is 19.8. The van der Waals surface area contributed by atoms with E-state index in [0.29, 0.717) is 12.2 Å². The van der Waals surface area contributed by atoms with Gasteiger partial charge in [-0.2, -0.15) is 0 Å². The fourth-order valence-electron chi connectivity index (χ4n) is 4.11. The highest BCUT2D eigenvalue weighted by Crippen LogP contribution is 2.24. The molecule has 1 aromatic heterocycles. The molecule has 2 fully saturated rings. The van der Waals surface area contributed by atoms with Crippen LogP contribution in [0.3, 0.4) is 0 Å². The maximum Gasteiger partial charge on any atom is 0.270 e. The molecule has 7 nitrogen and oxygen atoms in total. The summed E-state index contributed by atoms with van der Waals surface area (Å²) < 4.78 is 5.98. The van der Waals surface area contributed by atoms with Crippen LogP contribution in [0.15, 0.2) is 24.4 Å². The van der Waals surface area contributed by atoms with Crippen LogP contribution in [0.4, 0.5) is 0 Å². The zero-order valence-corrected chi connectivity index (χ0v) is 16.3. The monoisotopic (exact) mass is 389 g/mol. The summed E-state index contributed by atoms with van der Waals surface area (Å²) in [7, 11) is 0. The van der Waals surface area contributed by atoms with Gasteiger partial charge in [0.25, 0.3) is 5.91 Å². The second-order valence-electron chi connectivity index (χ2n) is 7.77. The van der Waals surface area contributed by atoms with E-state index in [4.69, 9.17) is 4.74 Å². The van der Waals surface area contributed by atoms with Crippen LogP contribution in [0.1, 0.15) is 61.9 Å². The molecule has 1 saturated heterocycles. The van der Waals surface area contributed by atoms with Gasteiger partial charge in [-0.3, -0.25) is 14.6 Å². The third kappa shape index (κ3) is 5.75. The Morgan fingerprint density at radius 3 is 2.68 bits per heavy atom. The third-order valence-electron chi connectivity index (χ3n) is 5.75. The molecule has 28 heavy (non-hydrogen) atoms. The van der Waals surface area contributed by atoms with Crippen molar-refractivity contribution in [3.8, 4) is 0 Å². The van der Waals surface area contributed by atoms with E-state index >= 15 is 0 Å². The minimum absolute atomic E-state index is 0.0215. The Kier molecular flexibility index (Phi) is 7.80. The lowest BCUT2D eigenvalue weighted by atomic mass is 9.88. The number of aromatic nitrogens is 1. The van der Waals surface area contributed by atoms with E-state index in [1.807, 2.05) is 0 Å². The summed E-state index contributed by atoms with van der Waals surface area (Å²) >= 11 is 0. The van der Waals surface area contributed by atoms with Gasteiger partial charge < -0.3 is 20.5 Å². The van der Waals surface area contributed by atoms with Crippen LogP contribution in [0, 0.1) is 5.92 Å². The van der Waals surface area contributed by atoms with Crippen molar-refractivity contribution in [2.75, 3.05) is 13.2 Å². The van der Waals surface area contributed by atoms with Crippen LogP contribution >= 0.6 is 0 Å². The molecule has 1 aromatic rings. The molecular formula is C21H31N3O4. The Morgan fingerprint density at radius 2 is 1.96 bits per heavy atom. The van der Waals surface area contributed by atoms with Gasteiger partial charge in [0.1, 0.15) is 11.8 Å². The Bertz CT molecular complexity index is 634. The predicted molar refractivity (Wildman–Crippen MR) is 105 cm³/mol. The zero-order valence-electron chi connectivity index (χ0n) is 16.3. The molecule has 0 aromatic carbocycles. The molecule has 3 rings (SSSR count). The fraction of sp³-hybridized carbons (Fsp3) is 0.667. The van der Waals surface area contributed by atoms with Gasteiger partial charge in [0.15, 0.2) is 0 Å². The van der Waals surface area contributed by atoms with Crippen molar-refractivity contribution in [1.82, 2.24) is 15.6 Å². The van der Waals surface area contributed by atoms with Crippen molar-refractivity contribution < 1.29 is 19.4 Å². The highest BCUT2D eigenvalue weighted by molar-refractivity contribution is 5.92. The van der Waals surface area contributed by atoms with Crippen LogP contribution in [-0.4, -0.2) is 53.3 Å². The first-order valence-corrected chi connectivity index (χ1v) is 10.4. The summed E-state index contributed by atoms with van der Waals surface area (Å²) in [5.41, 5.74) is 0.353. The van der Waals surface area contributed by atoms with Crippen LogP contribution in [0.2, 0.25) is 0 Å². The van der Waals surface area contributed by atoms with E-state index in [2.05, 4.69) is 15.6 Å². The van der Waals surface area contributed by atoms with Crippen LogP contribution in [0.25, 0.3) is 0 Å². The highest BCUT2D eigenvalue weighted by atomic mass is 16.5. The fourth-order valence-corrected chi connectivity index (χ4v) is 4.11. The number of nitrogens with one attached hydrogen (secondary N) is 2. The van der Waals surface area contributed by atoms with Crippen molar-refractivity contribution in [2.24, 2.45) is 5.92 Å². The lowest BCUT2D eigenvalue weighted by Gasteiger charge is -2.36. The standard InChI is InChI=1S/C21H31N3O4/c25-14-19-17(24-21(27)18-8-4-5-12-22-18)10-9-16(28-19)11-13-23-20(26)15-6-2-1-3-7-15/h4-5,8,12,15-17,19,25H,1-3,6-7,9-11,13-14H2,(H,23,26)(H,24,27)/t16-,17-,19-/m1/s1. The van der Waals surface area contributed by atoms with Crippen molar-refractivity contribution in [1.29, 1.82) is 0 Å². The van der Waals surface area contributed by atoms with Gasteiger partial charge in [-0.25, -0.2) is 0 Å². The van der Waals surface area contributed by atoms with Crippen LogP contribution < -0.4 is 10.6 Å². The molecule has 2 amide bonds. The number of carbonyl (C=O) groups excluding carboxylic acids is 2. The van der Waals surface area contributed by atoms with Gasteiger partial charge in [0.05, 0.1) is 18.8 Å². The Hall–Kier alpha value is -1.99. The molecule has 3 N–H and O–H groups in total. The summed E-state index contributed by atoms with van der Waals surface area (Å²) in [5, 5.41) is 15.6. The average Bonchev–Trinajstić information content (AvgIpc) is 2.75. The number of hydrogen-bond donors (Lipinski definition) is 3. The first-order valence-electron chi connectivity index (χ1n) is 10.4. The number of carbonyl (C=O) groups is 2. The normalized spacial score (nSPS) is 25.8. The van der Waals surface area contributed by atoms with Crippen molar-refractivity contribution >= 4 is 11.8 Å². The molecule has 154 valence electrons. The molecule has 7 heteroatoms. The molecule has 3 atom stereocenters. The van der Waals surface area contributed by atoms with E-state index in [9.17, 15) is 14.7 Å². The summed E-state index contributed by atoms with van der Waals surface area (Å²) in [6.45, 7) is 0.432. The Balaban J connectivity index is 1.41. The topological polar surface area (TPSA) is 101 Å². The van der Waals surface area contributed by atoms with E-state index in [0.717, 1.165) is 44.9 Å². The van der Waals surface area contributed by atoms with Gasteiger partial charge >= 0.3 is 0 Å². The van der Waals surface area contributed by atoms with Gasteiger partial charge in [-0.05, 0) is 44.2 Å². The molecule has 0 spiro atoms. The summed E-state index contributed by atoms with van der Waals surface area (Å²) in [4.78, 5) is 28.6. The summed E-state index contributed by atoms with van der Waals surface area (Å²) in [6, 6.07) is 4.94. The number of aliphatic hydroxyl groups is 1. The van der Waals surface area contributed by atoms with Crippen molar-refractivity contribution in [3.05, 3.63) is 30.1 Å². The predicted octanol–water partition coefficient (Wildman–Crippen LogP) is 1.81. The number of ether oxygens (including phenoxy) is 1. The molecule has 1 aliphatic carbocycles. The molecule has 1 saturated carbocycles. The second-order valence-corrected chi connectivity index (χ2v) is 7.77. The minimum atomic E-state index is -0.444. The van der Waals surface area contributed by atoms with Gasteiger partial charge in [0.2, 0.25) is 5.91 Å². The highest BCUT2D eigenvalue weighted by Gasteiger charge is 2.32. The first kappa shape index (κ1) is 20.7. The van der Waals surface area contributed by atoms with Crippen LogP contribution in [0.5, 0.6) is 0 Å². The quantitative estimate of drug-likeness (QED) is 0.660. The Morgan fingerprint density at radius 1 is 1.14 bits per heavy atom. The van der Waals surface area contributed by atoms with Crippen molar-refractivity contribution in [2.45, 2.75) is 69.6 Å². The lowest BCUT2D eigenvalue weighted by molar-refractivity contribution is -0.126. The number of rotatable bonds is 7. The molecule has 0 unspecified atom stereocenters. The summed E-state index contributed by atoms with van der Waals surface area (Å²) in [6.07, 6.45) is 8.86. The second kappa shape index (κ2) is 10.5. The van der Waals surface area contributed by atoms with E-state index in [-0.39, 0.29) is 36.5 Å². The third-order valence-corrected chi connectivity index (χ3v) is 5.75. The van der Waals surface area contributed by atoms with Crippen molar-refractivity contribution in [3.63, 3.8) is 0 Å². The number of amides is 2. The number of nitrogens with zero attached hydrogens (tertiary/aromatic N) is 1. The molecule has 0 radical (unpaired) electrons. The van der Waals surface area contributed by atoms with E-state index in [1.54, 1.807) is 24.4 Å². The molecule has 0 bridgehead atoms. The minimum Gasteiger partial charge on any atom is -0.394 e. The maximum atomic E-state index is 12.3. The first-order chi connectivity index (χ1) is 13.7. The molecular weight excluding hydrogens is 358 g/mol. The van der Waals surface area contributed by atoms with E-state index in [1.165, 1.54) is 6.42 Å². The summed E-state index contributed by atoms with van der Waals surface area (Å²) in [5.74, 6) is 0.0676. The maximum absolute atomic E-state index is 12.3. The number of hydrogen-bond acceptors (Lipinski definition) is 5. The average molecular weight is 389 g/mol. The van der Waals surface area contributed by atoms with Crippen LogP contribution in [-0.2, 0) is 9.53 Å². The number of aliphatic hydroxyl groups excluding tert-OH is 1. The Labute approximate surface area is 166 Å². The molecule has 2 aliphatic rings. The molecule has 2 heterocycles. The number of pyridine rings is 1. The lowest BCUT2D eigenvalue weighted by Crippen LogP contribution is -2.51. The van der Waals surface area contributed by atoms with E-state index < -0.39 is 6.10 Å².